The van der Waals surface area contributed by atoms with E-state index in [1.54, 1.807) is 16.7 Å². The number of rotatable bonds is 6. The van der Waals surface area contributed by atoms with Crippen molar-refractivity contribution < 1.29 is 23.5 Å². The number of carbonyl (C=O) groups is 2. The molecule has 3 rings (SSSR count). The lowest BCUT2D eigenvalue weighted by Crippen LogP contribution is -2.56. The summed E-state index contributed by atoms with van der Waals surface area (Å²) in [6.45, 7) is 11.1. The average Bonchev–Trinajstić information content (AvgIpc) is 3.08. The number of fused-ring (bicyclic) bond motifs is 1. The highest BCUT2D eigenvalue weighted by Crippen LogP contribution is 2.39. The fourth-order valence-corrected chi connectivity index (χ4v) is 5.59. The number of nitrogens with zero attached hydrogens (tertiary/aromatic N) is 3. The van der Waals surface area contributed by atoms with E-state index in [9.17, 15) is 19.1 Å². The van der Waals surface area contributed by atoms with E-state index in [2.05, 4.69) is 54.8 Å². The molecular formula is C22H31BrFN3O4Si. The molecule has 10 heteroatoms. The van der Waals surface area contributed by atoms with Gasteiger partial charge in [0.2, 0.25) is 0 Å². The van der Waals surface area contributed by atoms with Gasteiger partial charge in [-0.1, -0.05) is 20.8 Å². The molecule has 1 saturated heterocycles. The van der Waals surface area contributed by atoms with E-state index in [-0.39, 0.29) is 35.4 Å². The molecule has 1 fully saturated rings. The quantitative estimate of drug-likeness (QED) is 0.506. The Hall–Kier alpha value is -1.78. The van der Waals surface area contributed by atoms with Crippen LogP contribution in [-0.2, 0) is 15.8 Å². The van der Waals surface area contributed by atoms with E-state index in [1.807, 2.05) is 0 Å². The van der Waals surface area contributed by atoms with Crippen LogP contribution in [0.4, 0.5) is 9.18 Å². The van der Waals surface area contributed by atoms with E-state index in [0.29, 0.717) is 23.0 Å². The largest absolute Gasteiger partial charge is 0.465 e. The van der Waals surface area contributed by atoms with Crippen molar-refractivity contribution in [3.05, 3.63) is 28.7 Å². The summed E-state index contributed by atoms with van der Waals surface area (Å²) in [4.78, 5) is 30.4. The summed E-state index contributed by atoms with van der Waals surface area (Å²) in [6, 6.07) is 2.75. The second-order valence-corrected chi connectivity index (χ2v) is 15.6. The number of benzene rings is 1. The van der Waals surface area contributed by atoms with Crippen LogP contribution in [0.25, 0.3) is 11.0 Å². The van der Waals surface area contributed by atoms with Crippen molar-refractivity contribution in [1.29, 1.82) is 0 Å². The smallest absolute Gasteiger partial charge is 0.407 e. The fourth-order valence-electron chi connectivity index (χ4n) is 3.88. The first-order valence-corrected chi connectivity index (χ1v) is 14.5. The molecule has 1 aromatic carbocycles. The van der Waals surface area contributed by atoms with E-state index < -0.39 is 26.3 Å². The molecule has 32 heavy (non-hydrogen) atoms. The Balaban J connectivity index is 1.81. The molecule has 1 aliphatic rings. The van der Waals surface area contributed by atoms with Gasteiger partial charge in [-0.3, -0.25) is 4.79 Å². The molecule has 176 valence electrons. The molecule has 1 N–H and O–H groups in total. The van der Waals surface area contributed by atoms with Crippen LogP contribution in [0, 0.1) is 5.82 Å². The normalized spacial score (nSPS) is 20.0. The summed E-state index contributed by atoms with van der Waals surface area (Å²) in [5.74, 6) is -0.615. The first kappa shape index (κ1) is 24.9. The highest BCUT2D eigenvalue weighted by atomic mass is 79.9. The zero-order valence-electron chi connectivity index (χ0n) is 19.2. The minimum absolute atomic E-state index is 0.00561. The third kappa shape index (κ3) is 5.07. The molecule has 0 aliphatic carbocycles. The number of carboxylic acid groups (broad SMARTS) is 1. The van der Waals surface area contributed by atoms with Gasteiger partial charge in [-0.05, 0) is 59.0 Å². The third-order valence-electron chi connectivity index (χ3n) is 6.68. The number of halogens is 2. The predicted octanol–water partition coefficient (Wildman–Crippen LogP) is 5.43. The number of imidazole rings is 1. The number of Topliss-reactive ketones (excluding diaryl/α,β-unsaturated/α-hetero) is 1. The first-order valence-electron chi connectivity index (χ1n) is 10.8. The predicted molar refractivity (Wildman–Crippen MR) is 127 cm³/mol. The van der Waals surface area contributed by atoms with Gasteiger partial charge in [0.25, 0.3) is 0 Å². The van der Waals surface area contributed by atoms with Crippen molar-refractivity contribution in [1.82, 2.24) is 14.5 Å². The van der Waals surface area contributed by atoms with Crippen molar-refractivity contribution in [3.8, 4) is 0 Å². The number of amides is 1. The van der Waals surface area contributed by atoms with Crippen molar-refractivity contribution in [2.24, 2.45) is 0 Å². The molecule has 0 bridgehead atoms. The minimum atomic E-state index is -2.15. The molecule has 0 saturated carbocycles. The topological polar surface area (TPSA) is 84.7 Å². The Labute approximate surface area is 197 Å². The molecule has 1 amide bonds. The Morgan fingerprint density at radius 1 is 1.34 bits per heavy atom. The van der Waals surface area contributed by atoms with E-state index >= 15 is 0 Å². The van der Waals surface area contributed by atoms with Crippen molar-refractivity contribution in [2.45, 2.75) is 76.9 Å². The molecular weight excluding hydrogens is 497 g/mol. The first-order chi connectivity index (χ1) is 14.8. The van der Waals surface area contributed by atoms with E-state index in [0.717, 1.165) is 6.42 Å². The number of piperidine rings is 1. The molecule has 1 aromatic heterocycles. The van der Waals surface area contributed by atoms with Crippen LogP contribution in [0.1, 0.15) is 40.0 Å². The van der Waals surface area contributed by atoms with Gasteiger partial charge < -0.3 is 19.0 Å². The Morgan fingerprint density at radius 2 is 2.03 bits per heavy atom. The number of hydrogen-bond acceptors (Lipinski definition) is 4. The second-order valence-electron chi connectivity index (χ2n) is 9.95. The lowest BCUT2D eigenvalue weighted by atomic mass is 9.95. The zero-order valence-corrected chi connectivity index (χ0v) is 21.8. The minimum Gasteiger partial charge on any atom is -0.465 e. The van der Waals surface area contributed by atoms with Crippen molar-refractivity contribution in [2.75, 3.05) is 6.54 Å². The zero-order chi connectivity index (χ0) is 23.8. The molecule has 0 radical (unpaired) electrons. The lowest BCUT2D eigenvalue weighted by Gasteiger charge is -2.45. The number of carbonyl (C=O) groups excluding carboxylic acids is 1. The molecule has 7 nitrogen and oxygen atoms in total. The molecule has 2 heterocycles. The van der Waals surface area contributed by atoms with Gasteiger partial charge in [0, 0.05) is 13.0 Å². The molecule has 1 aliphatic heterocycles. The standard InChI is InChI=1S/C22H31BrFN3O4Si/c1-22(2,3)32(4,5)31-18-7-6-10-27(21(29)30)17(18)11-14(28)12-26-13-25-20-16(26)9-8-15(23)19(20)24/h8-9,13,17-18H,6-7,10-12H2,1-5H3,(H,29,30)/t17-,18+/m1/s1. The fraction of sp³-hybridized carbons (Fsp3) is 0.591. The summed E-state index contributed by atoms with van der Waals surface area (Å²) in [7, 11) is -2.15. The van der Waals surface area contributed by atoms with Crippen molar-refractivity contribution in [3.63, 3.8) is 0 Å². The monoisotopic (exact) mass is 527 g/mol. The molecule has 0 spiro atoms. The van der Waals surface area contributed by atoms with Gasteiger partial charge in [-0.15, -0.1) is 0 Å². The SMILES string of the molecule is CC(C)(C)[Si](C)(C)O[C@H]1CCCN(C(=O)O)[C@@H]1CC(=O)Cn1cnc2c(F)c(Br)ccc21. The van der Waals surface area contributed by atoms with Gasteiger partial charge in [-0.2, -0.15) is 0 Å². The Bertz CT molecular complexity index is 1020. The Kier molecular flexibility index (Phi) is 7.16. The number of aromatic nitrogens is 2. The Morgan fingerprint density at radius 3 is 2.66 bits per heavy atom. The highest BCUT2D eigenvalue weighted by molar-refractivity contribution is 9.10. The highest BCUT2D eigenvalue weighted by Gasteiger charge is 2.44. The summed E-state index contributed by atoms with van der Waals surface area (Å²) in [6.07, 6.45) is 1.56. The average molecular weight is 528 g/mol. The van der Waals surface area contributed by atoms with Crippen LogP contribution in [0.5, 0.6) is 0 Å². The molecule has 2 aromatic rings. The number of ketones is 1. The van der Waals surface area contributed by atoms with E-state index in [4.69, 9.17) is 4.43 Å². The summed E-state index contributed by atoms with van der Waals surface area (Å²) >= 11 is 3.14. The third-order valence-corrected chi connectivity index (χ3v) is 11.8. The van der Waals surface area contributed by atoms with Crippen molar-refractivity contribution >= 4 is 47.2 Å². The number of hydrogen-bond donors (Lipinski definition) is 1. The van der Waals surface area contributed by atoms with Crippen LogP contribution in [0.15, 0.2) is 22.9 Å². The maximum absolute atomic E-state index is 14.3. The summed E-state index contributed by atoms with van der Waals surface area (Å²) < 4.78 is 22.8. The summed E-state index contributed by atoms with van der Waals surface area (Å²) in [5.41, 5.74) is 0.711. The van der Waals surface area contributed by atoms with Gasteiger partial charge >= 0.3 is 6.09 Å². The lowest BCUT2D eigenvalue weighted by molar-refractivity contribution is -0.122. The van der Waals surface area contributed by atoms with Crippen LogP contribution < -0.4 is 0 Å². The molecule has 0 unspecified atom stereocenters. The number of likely N-dealkylation sites (tertiary alicyclic amines) is 1. The van der Waals surface area contributed by atoms with Gasteiger partial charge in [0.05, 0.1) is 35.0 Å². The van der Waals surface area contributed by atoms with Gasteiger partial charge in [0.15, 0.2) is 19.9 Å². The summed E-state index contributed by atoms with van der Waals surface area (Å²) in [5, 5.41) is 9.73. The maximum Gasteiger partial charge on any atom is 0.407 e. The molecule has 2 atom stereocenters. The van der Waals surface area contributed by atoms with Crippen LogP contribution in [-0.4, -0.2) is 58.4 Å². The second kappa shape index (κ2) is 9.22. The van der Waals surface area contributed by atoms with Crippen LogP contribution in [0.3, 0.4) is 0 Å². The van der Waals surface area contributed by atoms with Gasteiger partial charge in [-0.25, -0.2) is 14.2 Å². The van der Waals surface area contributed by atoms with Crippen LogP contribution in [0.2, 0.25) is 18.1 Å². The van der Waals surface area contributed by atoms with Crippen LogP contribution >= 0.6 is 15.9 Å². The van der Waals surface area contributed by atoms with Gasteiger partial charge in [0.1, 0.15) is 5.52 Å². The van der Waals surface area contributed by atoms with E-state index in [1.165, 1.54) is 11.2 Å². The maximum atomic E-state index is 14.3.